The number of anilines is 2. The number of nitrogens with one attached hydrogen (secondary N) is 2. The van der Waals surface area contributed by atoms with Gasteiger partial charge in [0, 0.05) is 28.2 Å². The van der Waals surface area contributed by atoms with Crippen molar-refractivity contribution in [3.63, 3.8) is 0 Å². The summed E-state index contributed by atoms with van der Waals surface area (Å²) in [5.41, 5.74) is 4.71. The molecule has 0 aromatic heterocycles. The maximum absolute atomic E-state index is 13.5. The molecule has 1 atom stereocenters. The minimum atomic E-state index is -1.71. The molecule has 0 aliphatic heterocycles. The van der Waals surface area contributed by atoms with Gasteiger partial charge in [-0.2, -0.15) is 0 Å². The van der Waals surface area contributed by atoms with E-state index in [-0.39, 0.29) is 30.0 Å². The summed E-state index contributed by atoms with van der Waals surface area (Å²) in [4.78, 5) is 40.4. The summed E-state index contributed by atoms with van der Waals surface area (Å²) >= 11 is 0. The second-order valence-corrected chi connectivity index (χ2v) is 11.6. The summed E-state index contributed by atoms with van der Waals surface area (Å²) in [5.74, 6) is -1.61. The van der Waals surface area contributed by atoms with Gasteiger partial charge in [0.25, 0.3) is 0 Å². The third-order valence-corrected chi connectivity index (χ3v) is 8.30. The van der Waals surface area contributed by atoms with Crippen LogP contribution >= 0.6 is 0 Å². The van der Waals surface area contributed by atoms with Crippen LogP contribution in [0.2, 0.25) is 0 Å². The number of hydrogen-bond acceptors (Lipinski definition) is 4. The van der Waals surface area contributed by atoms with Gasteiger partial charge in [-0.25, -0.2) is 0 Å². The Morgan fingerprint density at radius 1 is 0.892 bits per heavy atom. The Bertz CT molecular complexity index is 1140. The molecule has 37 heavy (non-hydrogen) atoms. The third kappa shape index (κ3) is 7.74. The normalized spacial score (nSPS) is 16.4. The highest BCUT2D eigenvalue weighted by Gasteiger charge is 2.27. The van der Waals surface area contributed by atoms with Crippen molar-refractivity contribution in [1.82, 2.24) is 5.32 Å². The van der Waals surface area contributed by atoms with E-state index < -0.39 is 22.6 Å². The molecular weight excluding hydrogens is 486 g/mol. The number of nitrogens with zero attached hydrogens (tertiary/aromatic N) is 1. The number of carbonyl (C=O) groups is 3. The maximum atomic E-state index is 13.5. The van der Waals surface area contributed by atoms with Gasteiger partial charge in [-0.15, -0.1) is 0 Å². The second-order valence-electron chi connectivity index (χ2n) is 10.1. The van der Waals surface area contributed by atoms with Crippen molar-refractivity contribution in [2.45, 2.75) is 70.8 Å². The first-order valence-electron chi connectivity index (χ1n) is 13.3. The molecule has 3 amide bonds. The molecule has 1 fully saturated rings. The number of rotatable bonds is 9. The van der Waals surface area contributed by atoms with Crippen LogP contribution in [0.15, 0.2) is 42.5 Å². The maximum Gasteiger partial charge on any atom is 0.240 e. The average Bonchev–Trinajstić information content (AvgIpc) is 2.88. The van der Waals surface area contributed by atoms with Gasteiger partial charge in [0.05, 0.1) is 0 Å². The number of amides is 3. The second kappa shape index (κ2) is 13.0. The molecule has 2 N–H and O–H groups in total. The van der Waals surface area contributed by atoms with Gasteiger partial charge in [0.15, 0.2) is 0 Å². The summed E-state index contributed by atoms with van der Waals surface area (Å²) < 4.78 is 12.8. The van der Waals surface area contributed by atoms with E-state index in [9.17, 15) is 18.6 Å². The van der Waals surface area contributed by atoms with Crippen LogP contribution in [0.1, 0.15) is 61.6 Å². The van der Waals surface area contributed by atoms with Crippen molar-refractivity contribution in [2.24, 2.45) is 0 Å². The first-order valence-corrected chi connectivity index (χ1v) is 14.8. The summed E-state index contributed by atoms with van der Waals surface area (Å²) in [6.45, 7) is 1.84. The fourth-order valence-corrected chi connectivity index (χ4v) is 6.13. The highest BCUT2D eigenvalue weighted by Crippen LogP contribution is 2.31. The lowest BCUT2D eigenvalue weighted by molar-refractivity contribution is -0.123. The number of hydrogen-bond donors (Lipinski definition) is 2. The van der Waals surface area contributed by atoms with Crippen LogP contribution in [0, 0.1) is 6.92 Å². The van der Waals surface area contributed by atoms with Gasteiger partial charge >= 0.3 is 0 Å². The number of fused-ring (bicyclic) bond motifs is 1. The predicted molar refractivity (Wildman–Crippen MR) is 148 cm³/mol. The summed E-state index contributed by atoms with van der Waals surface area (Å²) in [6, 6.07) is 13.4. The molecule has 0 radical (unpaired) electrons. The molecule has 4 rings (SSSR count). The van der Waals surface area contributed by atoms with Gasteiger partial charge in [0.1, 0.15) is 18.1 Å². The van der Waals surface area contributed by atoms with Crippen LogP contribution in [0.25, 0.3) is 0 Å². The molecule has 0 heterocycles. The van der Waals surface area contributed by atoms with Gasteiger partial charge in [-0.3, -0.25) is 18.6 Å². The van der Waals surface area contributed by atoms with Gasteiger partial charge in [0.2, 0.25) is 17.7 Å². The molecule has 2 aromatic carbocycles. The third-order valence-electron chi connectivity index (χ3n) is 7.15. The number of aryl methyl sites for hydroxylation is 2. The molecule has 0 saturated heterocycles. The first kappa shape index (κ1) is 27.0. The zero-order valence-corrected chi connectivity index (χ0v) is 22.4. The monoisotopic (exact) mass is 523 g/mol. The van der Waals surface area contributed by atoms with Crippen molar-refractivity contribution in [2.75, 3.05) is 28.3 Å². The van der Waals surface area contributed by atoms with Crippen LogP contribution in [0.5, 0.6) is 0 Å². The van der Waals surface area contributed by atoms with E-state index in [0.717, 1.165) is 68.2 Å². The minimum Gasteiger partial charge on any atom is -0.352 e. The van der Waals surface area contributed by atoms with Gasteiger partial charge in [-0.1, -0.05) is 49.1 Å². The first-order chi connectivity index (χ1) is 17.9. The highest BCUT2D eigenvalue weighted by molar-refractivity contribution is 7.86. The molecular formula is C29H37N3O4S. The largest absolute Gasteiger partial charge is 0.352 e. The zero-order chi connectivity index (χ0) is 26.2. The molecule has 8 heteroatoms. The van der Waals surface area contributed by atoms with Crippen LogP contribution in [0.3, 0.4) is 0 Å². The minimum absolute atomic E-state index is 0.113. The van der Waals surface area contributed by atoms with E-state index in [4.69, 9.17) is 0 Å². The lowest BCUT2D eigenvalue weighted by Gasteiger charge is -2.29. The van der Waals surface area contributed by atoms with Crippen molar-refractivity contribution in [3.8, 4) is 0 Å². The Balaban J connectivity index is 1.44. The Kier molecular flexibility index (Phi) is 9.50. The Hall–Kier alpha value is -3.00. The molecule has 2 aromatic rings. The Morgan fingerprint density at radius 2 is 1.62 bits per heavy atom. The van der Waals surface area contributed by atoms with Gasteiger partial charge < -0.3 is 15.5 Å². The number of benzene rings is 2. The smallest absolute Gasteiger partial charge is 0.240 e. The molecule has 2 aliphatic rings. The van der Waals surface area contributed by atoms with E-state index in [1.165, 1.54) is 16.9 Å². The highest BCUT2D eigenvalue weighted by atomic mass is 32.2. The van der Waals surface area contributed by atoms with Crippen molar-refractivity contribution in [1.29, 1.82) is 0 Å². The lowest BCUT2D eigenvalue weighted by Crippen LogP contribution is -2.46. The molecule has 2 aliphatic carbocycles. The molecule has 0 unspecified atom stereocenters. The van der Waals surface area contributed by atoms with Crippen molar-refractivity contribution < 1.29 is 18.6 Å². The summed E-state index contributed by atoms with van der Waals surface area (Å²) in [6.07, 6.45) is 9.24. The summed E-state index contributed by atoms with van der Waals surface area (Å²) in [5, 5.41) is 5.83. The number of carbonyl (C=O) groups excluding carboxylic acids is 3. The van der Waals surface area contributed by atoms with E-state index in [0.29, 0.717) is 5.69 Å². The quantitative estimate of drug-likeness (QED) is 0.519. The van der Waals surface area contributed by atoms with E-state index in [2.05, 4.69) is 16.7 Å². The topological polar surface area (TPSA) is 95.6 Å². The van der Waals surface area contributed by atoms with Gasteiger partial charge in [-0.05, 0) is 74.8 Å². The molecule has 198 valence electrons. The van der Waals surface area contributed by atoms with Crippen molar-refractivity contribution in [3.05, 3.63) is 59.2 Å². The molecule has 1 saturated carbocycles. The van der Waals surface area contributed by atoms with Crippen LogP contribution in [0.4, 0.5) is 11.4 Å². The fraction of sp³-hybridized carbons (Fsp3) is 0.483. The Morgan fingerprint density at radius 3 is 2.38 bits per heavy atom. The summed E-state index contributed by atoms with van der Waals surface area (Å²) in [7, 11) is -1.71. The zero-order valence-electron chi connectivity index (χ0n) is 21.6. The molecule has 7 nitrogen and oxygen atoms in total. The fourth-order valence-electron chi connectivity index (χ4n) is 5.23. The van der Waals surface area contributed by atoms with E-state index in [1.54, 1.807) is 12.1 Å². The standard InChI is InChI=1S/C29H37N3O4S/c1-21-14-16-24(17-15-21)31-28(34)19-37(36)20-29(35)32(18-27(33)30-23-10-3-2-4-11-23)26-13-7-9-22-8-5-6-12-25(22)26/h7,9,13-17,23H,2-6,8,10-12,18-20H2,1H3,(H,30,33)(H,31,34)/t37-/m0/s1. The SMILES string of the molecule is Cc1ccc(NC(=O)C[S@](=O)CC(=O)N(CC(=O)NC2CCCCC2)c2cccc3c2CCCC3)cc1. The van der Waals surface area contributed by atoms with Crippen LogP contribution in [-0.4, -0.2) is 46.0 Å². The molecule has 0 bridgehead atoms. The Labute approximate surface area is 221 Å². The van der Waals surface area contributed by atoms with E-state index >= 15 is 0 Å². The predicted octanol–water partition coefficient (Wildman–Crippen LogP) is 4.04. The average molecular weight is 524 g/mol. The molecule has 0 spiro atoms. The van der Waals surface area contributed by atoms with Crippen molar-refractivity contribution >= 4 is 39.9 Å². The van der Waals surface area contributed by atoms with Crippen LogP contribution < -0.4 is 15.5 Å². The van der Waals surface area contributed by atoms with Crippen LogP contribution in [-0.2, 0) is 38.0 Å². The lowest BCUT2D eigenvalue weighted by atomic mass is 9.90. The van der Waals surface area contributed by atoms with E-state index in [1.807, 2.05) is 31.2 Å².